The van der Waals surface area contributed by atoms with Crippen LogP contribution in [0.25, 0.3) is 5.82 Å². The Kier molecular flexibility index (Phi) is 4.18. The molecule has 1 saturated carbocycles. The van der Waals surface area contributed by atoms with Gasteiger partial charge in [0.2, 0.25) is 5.91 Å². The van der Waals surface area contributed by atoms with Crippen molar-refractivity contribution in [2.75, 3.05) is 5.32 Å². The van der Waals surface area contributed by atoms with Gasteiger partial charge in [-0.25, -0.2) is 9.97 Å². The van der Waals surface area contributed by atoms with Crippen molar-refractivity contribution in [1.82, 2.24) is 14.5 Å². The second-order valence-electron chi connectivity index (χ2n) is 6.40. The molecular formula is C19H15F3N4O. The number of hydrogen-bond donors (Lipinski definition) is 1. The quantitative estimate of drug-likeness (QED) is 0.752. The van der Waals surface area contributed by atoms with Gasteiger partial charge < -0.3 is 5.32 Å². The minimum absolute atomic E-state index is 0.179. The van der Waals surface area contributed by atoms with Gasteiger partial charge in [0.1, 0.15) is 12.1 Å². The Morgan fingerprint density at radius 3 is 2.67 bits per heavy atom. The summed E-state index contributed by atoms with van der Waals surface area (Å²) in [6.45, 7) is 0. The first kappa shape index (κ1) is 17.3. The molecule has 0 spiro atoms. The van der Waals surface area contributed by atoms with E-state index >= 15 is 0 Å². The molecule has 0 bridgehead atoms. The molecule has 1 aliphatic carbocycles. The number of pyridine rings is 1. The molecule has 138 valence electrons. The molecule has 1 aromatic carbocycles. The number of alkyl halides is 3. The van der Waals surface area contributed by atoms with E-state index in [9.17, 15) is 18.0 Å². The number of nitrogens with zero attached hydrogens (tertiary/aromatic N) is 3. The molecule has 27 heavy (non-hydrogen) atoms. The van der Waals surface area contributed by atoms with Crippen LogP contribution in [0.4, 0.5) is 18.9 Å². The van der Waals surface area contributed by atoms with E-state index in [0.29, 0.717) is 17.9 Å². The number of carbonyl (C=O) groups excluding carboxylic acids is 1. The van der Waals surface area contributed by atoms with E-state index in [-0.39, 0.29) is 11.5 Å². The predicted molar refractivity (Wildman–Crippen MR) is 92.3 cm³/mol. The van der Waals surface area contributed by atoms with Gasteiger partial charge in [-0.05, 0) is 36.1 Å². The first-order valence-electron chi connectivity index (χ1n) is 8.35. The zero-order valence-electron chi connectivity index (χ0n) is 14.0. The smallest absolute Gasteiger partial charge is 0.324 e. The standard InChI is InChI=1S/C19H15F3N4O/c20-19(21,22)16-4-2-1-3-13(16)14-9-15(14)18(27)25-12-5-6-17(24-10-12)26-8-7-23-11-26/h1-8,10-11,14-15H,9H2,(H,25,27)/t14-,15+/m1/s1. The Morgan fingerprint density at radius 2 is 2.00 bits per heavy atom. The maximum Gasteiger partial charge on any atom is 0.416 e. The van der Waals surface area contributed by atoms with Crippen molar-refractivity contribution < 1.29 is 18.0 Å². The number of carbonyl (C=O) groups is 1. The highest BCUT2D eigenvalue weighted by Crippen LogP contribution is 2.51. The predicted octanol–water partition coefficient (Wildman–Crippen LogP) is 4.03. The number of anilines is 1. The fraction of sp³-hybridized carbons (Fsp3) is 0.211. The molecule has 1 aliphatic rings. The van der Waals surface area contributed by atoms with Gasteiger partial charge in [-0.2, -0.15) is 13.2 Å². The summed E-state index contributed by atoms with van der Waals surface area (Å²) in [4.78, 5) is 20.6. The third kappa shape index (κ3) is 3.55. The number of nitrogens with one attached hydrogen (secondary N) is 1. The minimum Gasteiger partial charge on any atom is -0.324 e. The highest BCUT2D eigenvalue weighted by Gasteiger charge is 2.47. The van der Waals surface area contributed by atoms with Gasteiger partial charge in [0.25, 0.3) is 0 Å². The van der Waals surface area contributed by atoms with Crippen molar-refractivity contribution in [2.45, 2.75) is 18.5 Å². The van der Waals surface area contributed by atoms with Gasteiger partial charge in [0.15, 0.2) is 0 Å². The Hall–Kier alpha value is -3.16. The van der Waals surface area contributed by atoms with E-state index in [4.69, 9.17) is 0 Å². The molecule has 3 aromatic rings. The number of halogens is 3. The van der Waals surface area contributed by atoms with Crippen LogP contribution in [0.15, 0.2) is 61.3 Å². The maximum atomic E-state index is 13.2. The monoisotopic (exact) mass is 372 g/mol. The highest BCUT2D eigenvalue weighted by atomic mass is 19.4. The molecular weight excluding hydrogens is 357 g/mol. The van der Waals surface area contributed by atoms with E-state index in [1.807, 2.05) is 0 Å². The van der Waals surface area contributed by atoms with Crippen LogP contribution in [0.1, 0.15) is 23.5 Å². The number of benzene rings is 1. The van der Waals surface area contributed by atoms with Crippen LogP contribution in [-0.4, -0.2) is 20.4 Å². The SMILES string of the molecule is O=C(Nc1ccc(-n2ccnc2)nc1)[C@H]1C[C@@H]1c1ccccc1C(F)(F)F. The van der Waals surface area contributed by atoms with Gasteiger partial charge in [0.05, 0.1) is 17.4 Å². The largest absolute Gasteiger partial charge is 0.416 e. The number of imidazole rings is 1. The summed E-state index contributed by atoms with van der Waals surface area (Å²) >= 11 is 0. The number of aromatic nitrogens is 3. The molecule has 4 rings (SSSR count). The van der Waals surface area contributed by atoms with Gasteiger partial charge >= 0.3 is 6.18 Å². The van der Waals surface area contributed by atoms with Crippen LogP contribution in [0.2, 0.25) is 0 Å². The van der Waals surface area contributed by atoms with Crippen molar-refractivity contribution >= 4 is 11.6 Å². The molecule has 8 heteroatoms. The first-order valence-corrected chi connectivity index (χ1v) is 8.35. The molecule has 2 heterocycles. The Bertz CT molecular complexity index is 952. The lowest BCUT2D eigenvalue weighted by molar-refractivity contribution is -0.138. The van der Waals surface area contributed by atoms with Crippen molar-refractivity contribution in [2.24, 2.45) is 5.92 Å². The normalized spacial score (nSPS) is 18.9. The molecule has 0 unspecified atom stereocenters. The summed E-state index contributed by atoms with van der Waals surface area (Å²) in [5, 5.41) is 2.73. The van der Waals surface area contributed by atoms with Gasteiger partial charge in [-0.3, -0.25) is 9.36 Å². The summed E-state index contributed by atoms with van der Waals surface area (Å²) in [6, 6.07) is 8.85. The zero-order chi connectivity index (χ0) is 19.0. The Labute approximate surface area is 152 Å². The number of amides is 1. The van der Waals surface area contributed by atoms with Crippen LogP contribution in [-0.2, 0) is 11.0 Å². The number of hydrogen-bond acceptors (Lipinski definition) is 3. The molecule has 1 fully saturated rings. The van der Waals surface area contributed by atoms with Crippen LogP contribution in [0.5, 0.6) is 0 Å². The lowest BCUT2D eigenvalue weighted by Crippen LogP contribution is -2.16. The van der Waals surface area contributed by atoms with Gasteiger partial charge in [-0.1, -0.05) is 18.2 Å². The molecule has 0 radical (unpaired) electrons. The third-order valence-corrected chi connectivity index (χ3v) is 4.58. The summed E-state index contributed by atoms with van der Waals surface area (Å²) < 4.78 is 41.2. The lowest BCUT2D eigenvalue weighted by Gasteiger charge is -2.12. The van der Waals surface area contributed by atoms with E-state index < -0.39 is 23.6 Å². The van der Waals surface area contributed by atoms with E-state index in [0.717, 1.165) is 6.07 Å². The molecule has 5 nitrogen and oxygen atoms in total. The van der Waals surface area contributed by atoms with Crippen molar-refractivity contribution in [3.05, 3.63) is 72.4 Å². The van der Waals surface area contributed by atoms with Crippen molar-refractivity contribution in [3.8, 4) is 5.82 Å². The topological polar surface area (TPSA) is 59.8 Å². The Balaban J connectivity index is 1.44. The van der Waals surface area contributed by atoms with Crippen LogP contribution in [0, 0.1) is 5.92 Å². The van der Waals surface area contributed by atoms with Crippen LogP contribution >= 0.6 is 0 Å². The average Bonchev–Trinajstić information content (AvgIpc) is 3.27. The van der Waals surface area contributed by atoms with Crippen LogP contribution < -0.4 is 5.32 Å². The van der Waals surface area contributed by atoms with E-state index in [1.54, 1.807) is 41.5 Å². The summed E-state index contributed by atoms with van der Waals surface area (Å²) in [5.41, 5.74) is 0.00834. The van der Waals surface area contributed by atoms with Crippen LogP contribution in [0.3, 0.4) is 0 Å². The van der Waals surface area contributed by atoms with Gasteiger partial charge in [0, 0.05) is 18.3 Å². The van der Waals surface area contributed by atoms with E-state index in [2.05, 4.69) is 15.3 Å². The molecule has 2 atom stereocenters. The third-order valence-electron chi connectivity index (χ3n) is 4.58. The van der Waals surface area contributed by atoms with Crippen molar-refractivity contribution in [3.63, 3.8) is 0 Å². The fourth-order valence-corrected chi connectivity index (χ4v) is 3.15. The molecule has 0 saturated heterocycles. The molecule has 1 N–H and O–H groups in total. The second-order valence-corrected chi connectivity index (χ2v) is 6.40. The van der Waals surface area contributed by atoms with Gasteiger partial charge in [-0.15, -0.1) is 0 Å². The first-order chi connectivity index (χ1) is 12.9. The second kappa shape index (κ2) is 6.53. The molecule has 1 amide bonds. The average molecular weight is 372 g/mol. The van der Waals surface area contributed by atoms with Crippen molar-refractivity contribution in [1.29, 1.82) is 0 Å². The zero-order valence-corrected chi connectivity index (χ0v) is 14.0. The molecule has 2 aromatic heterocycles. The Morgan fingerprint density at radius 1 is 1.19 bits per heavy atom. The fourth-order valence-electron chi connectivity index (χ4n) is 3.15. The summed E-state index contributed by atoms with van der Waals surface area (Å²) in [5.74, 6) is -0.536. The van der Waals surface area contributed by atoms with E-state index in [1.165, 1.54) is 18.3 Å². The lowest BCUT2D eigenvalue weighted by atomic mass is 10.0. The number of rotatable bonds is 4. The highest BCUT2D eigenvalue weighted by molar-refractivity contribution is 5.95. The summed E-state index contributed by atoms with van der Waals surface area (Å²) in [7, 11) is 0. The maximum absolute atomic E-state index is 13.2. The molecule has 0 aliphatic heterocycles. The summed E-state index contributed by atoms with van der Waals surface area (Å²) in [6.07, 6.45) is 2.46. The minimum atomic E-state index is -4.42.